The summed E-state index contributed by atoms with van der Waals surface area (Å²) in [5.74, 6) is 0.0416. The van der Waals surface area contributed by atoms with Gasteiger partial charge in [-0.3, -0.25) is 4.79 Å². The highest BCUT2D eigenvalue weighted by atomic mass is 16.3. The monoisotopic (exact) mass is 189 g/mol. The van der Waals surface area contributed by atoms with E-state index in [0.29, 0.717) is 6.42 Å². The van der Waals surface area contributed by atoms with E-state index < -0.39 is 5.60 Å². The molecule has 14 heavy (non-hydrogen) atoms. The van der Waals surface area contributed by atoms with Crippen molar-refractivity contribution >= 4 is 11.6 Å². The Hall–Kier alpha value is -1.35. The molecule has 1 aliphatic heterocycles. The Balaban J connectivity index is 2.04. The van der Waals surface area contributed by atoms with Gasteiger partial charge in [0.05, 0.1) is 12.0 Å². The first-order valence-corrected chi connectivity index (χ1v) is 4.83. The van der Waals surface area contributed by atoms with Crippen molar-refractivity contribution in [3.05, 3.63) is 29.3 Å². The van der Waals surface area contributed by atoms with Gasteiger partial charge in [-0.25, -0.2) is 0 Å². The third-order valence-corrected chi connectivity index (χ3v) is 3.00. The van der Waals surface area contributed by atoms with Crippen molar-refractivity contribution in [2.45, 2.75) is 24.9 Å². The highest BCUT2D eigenvalue weighted by Gasteiger charge is 2.42. The summed E-state index contributed by atoms with van der Waals surface area (Å²) >= 11 is 0. The van der Waals surface area contributed by atoms with Crippen LogP contribution >= 0.6 is 0 Å². The summed E-state index contributed by atoms with van der Waals surface area (Å²) in [7, 11) is 0. The minimum atomic E-state index is -0.609. The molecule has 3 rings (SSSR count). The number of anilines is 1. The smallest absolute Gasteiger partial charge is 0.228 e. The molecule has 0 unspecified atom stereocenters. The molecule has 1 amide bonds. The second-order valence-corrected chi connectivity index (χ2v) is 4.13. The van der Waals surface area contributed by atoms with E-state index in [9.17, 15) is 9.90 Å². The number of fused-ring (bicyclic) bond motifs is 1. The molecule has 0 spiro atoms. The quantitative estimate of drug-likeness (QED) is 0.696. The molecule has 0 bridgehead atoms. The van der Waals surface area contributed by atoms with Crippen LogP contribution in [0.3, 0.4) is 0 Å². The van der Waals surface area contributed by atoms with E-state index in [-0.39, 0.29) is 5.91 Å². The molecule has 3 heteroatoms. The van der Waals surface area contributed by atoms with Crippen LogP contribution < -0.4 is 5.32 Å². The lowest BCUT2D eigenvalue weighted by atomic mass is 10.0. The van der Waals surface area contributed by atoms with Crippen LogP contribution in [0, 0.1) is 0 Å². The fraction of sp³-hybridized carbons (Fsp3) is 0.364. The predicted octanol–water partition coefficient (Wildman–Crippen LogP) is 1.16. The lowest BCUT2D eigenvalue weighted by Gasteiger charge is -2.09. The Bertz CT molecular complexity index is 421. The summed E-state index contributed by atoms with van der Waals surface area (Å²) in [6.45, 7) is 0. The van der Waals surface area contributed by atoms with Crippen molar-refractivity contribution < 1.29 is 9.90 Å². The maximum absolute atomic E-state index is 11.1. The van der Waals surface area contributed by atoms with Gasteiger partial charge in [0.15, 0.2) is 0 Å². The molecule has 2 N–H and O–H groups in total. The average Bonchev–Trinajstić information content (AvgIpc) is 2.79. The van der Waals surface area contributed by atoms with Crippen molar-refractivity contribution in [3.8, 4) is 0 Å². The summed E-state index contributed by atoms with van der Waals surface area (Å²) in [6.07, 6.45) is 2.13. The van der Waals surface area contributed by atoms with Crippen LogP contribution in [0.1, 0.15) is 24.0 Å². The van der Waals surface area contributed by atoms with Crippen molar-refractivity contribution in [3.63, 3.8) is 0 Å². The van der Waals surface area contributed by atoms with Crippen molar-refractivity contribution in [1.29, 1.82) is 0 Å². The van der Waals surface area contributed by atoms with Gasteiger partial charge in [-0.1, -0.05) is 12.1 Å². The van der Waals surface area contributed by atoms with Gasteiger partial charge in [0.1, 0.15) is 0 Å². The van der Waals surface area contributed by atoms with Gasteiger partial charge in [-0.05, 0) is 30.0 Å². The maximum atomic E-state index is 11.1. The minimum absolute atomic E-state index is 0.0416. The molecule has 0 saturated heterocycles. The predicted molar refractivity (Wildman–Crippen MR) is 51.9 cm³/mol. The number of hydrogen-bond acceptors (Lipinski definition) is 2. The van der Waals surface area contributed by atoms with E-state index in [2.05, 4.69) is 5.32 Å². The molecule has 0 atom stereocenters. The van der Waals surface area contributed by atoms with E-state index in [4.69, 9.17) is 0 Å². The van der Waals surface area contributed by atoms with E-state index in [1.165, 1.54) is 0 Å². The lowest BCUT2D eigenvalue weighted by molar-refractivity contribution is -0.115. The van der Waals surface area contributed by atoms with Gasteiger partial charge >= 0.3 is 0 Å². The normalized spacial score (nSPS) is 21.6. The number of carbonyl (C=O) groups excluding carboxylic acids is 1. The number of amides is 1. The lowest BCUT2D eigenvalue weighted by Crippen LogP contribution is -2.05. The van der Waals surface area contributed by atoms with Crippen molar-refractivity contribution in [2.24, 2.45) is 0 Å². The SMILES string of the molecule is O=C1Cc2ccc(C3(O)CC3)cc2N1. The Morgan fingerprint density at radius 2 is 2.14 bits per heavy atom. The summed E-state index contributed by atoms with van der Waals surface area (Å²) < 4.78 is 0. The highest BCUT2D eigenvalue weighted by Crippen LogP contribution is 2.46. The molecule has 0 radical (unpaired) electrons. The number of carbonyl (C=O) groups is 1. The number of benzene rings is 1. The minimum Gasteiger partial charge on any atom is -0.385 e. The third kappa shape index (κ3) is 1.06. The van der Waals surface area contributed by atoms with Gasteiger partial charge < -0.3 is 10.4 Å². The van der Waals surface area contributed by atoms with Crippen LogP contribution in [0.15, 0.2) is 18.2 Å². The Kier molecular flexibility index (Phi) is 1.35. The molecule has 1 saturated carbocycles. The van der Waals surface area contributed by atoms with Crippen LogP contribution in [0.4, 0.5) is 5.69 Å². The van der Waals surface area contributed by atoms with E-state index >= 15 is 0 Å². The highest BCUT2D eigenvalue weighted by molar-refractivity contribution is 5.99. The molecular weight excluding hydrogens is 178 g/mol. The average molecular weight is 189 g/mol. The van der Waals surface area contributed by atoms with Crippen LogP contribution in [-0.4, -0.2) is 11.0 Å². The van der Waals surface area contributed by atoms with E-state index in [1.807, 2.05) is 18.2 Å². The molecule has 3 nitrogen and oxygen atoms in total. The van der Waals surface area contributed by atoms with Gasteiger partial charge in [-0.2, -0.15) is 0 Å². The molecular formula is C11H11NO2. The topological polar surface area (TPSA) is 49.3 Å². The molecule has 1 aliphatic carbocycles. The molecule has 1 aromatic rings. The number of hydrogen-bond donors (Lipinski definition) is 2. The zero-order valence-electron chi connectivity index (χ0n) is 7.71. The molecule has 1 heterocycles. The van der Waals surface area contributed by atoms with Crippen LogP contribution in [-0.2, 0) is 16.8 Å². The van der Waals surface area contributed by atoms with Crippen molar-refractivity contribution in [2.75, 3.05) is 5.32 Å². The largest absolute Gasteiger partial charge is 0.385 e. The first kappa shape index (κ1) is 8.00. The summed E-state index contributed by atoms with van der Waals surface area (Å²) in [6, 6.07) is 5.75. The maximum Gasteiger partial charge on any atom is 0.228 e. The molecule has 2 aliphatic rings. The zero-order chi connectivity index (χ0) is 9.76. The first-order chi connectivity index (χ1) is 6.67. The molecule has 0 aromatic heterocycles. The van der Waals surface area contributed by atoms with Gasteiger partial charge in [0.2, 0.25) is 5.91 Å². The Morgan fingerprint density at radius 1 is 1.36 bits per heavy atom. The fourth-order valence-corrected chi connectivity index (χ4v) is 1.91. The summed E-state index contributed by atoms with van der Waals surface area (Å²) in [4.78, 5) is 11.1. The molecule has 1 aromatic carbocycles. The van der Waals surface area contributed by atoms with E-state index in [1.54, 1.807) is 0 Å². The van der Waals surface area contributed by atoms with Crippen LogP contribution in [0.2, 0.25) is 0 Å². The van der Waals surface area contributed by atoms with Crippen LogP contribution in [0.25, 0.3) is 0 Å². The fourth-order valence-electron chi connectivity index (χ4n) is 1.91. The van der Waals surface area contributed by atoms with Gasteiger partial charge in [0.25, 0.3) is 0 Å². The molecule has 1 fully saturated rings. The Labute approximate surface area is 81.8 Å². The molecule has 72 valence electrons. The van der Waals surface area contributed by atoms with Crippen LogP contribution in [0.5, 0.6) is 0 Å². The zero-order valence-corrected chi connectivity index (χ0v) is 7.71. The third-order valence-electron chi connectivity index (χ3n) is 3.00. The van der Waals surface area contributed by atoms with E-state index in [0.717, 1.165) is 29.7 Å². The summed E-state index contributed by atoms with van der Waals surface area (Å²) in [5.41, 5.74) is 2.22. The van der Waals surface area contributed by atoms with Gasteiger partial charge in [-0.15, -0.1) is 0 Å². The van der Waals surface area contributed by atoms with Crippen molar-refractivity contribution in [1.82, 2.24) is 0 Å². The number of aliphatic hydroxyl groups is 1. The number of nitrogens with one attached hydrogen (secondary N) is 1. The standard InChI is InChI=1S/C11H11NO2/c13-10-5-7-1-2-8(6-9(7)12-10)11(14)3-4-11/h1-2,6,14H,3-5H2,(H,12,13). The van der Waals surface area contributed by atoms with Gasteiger partial charge in [0, 0.05) is 5.69 Å². The second-order valence-electron chi connectivity index (χ2n) is 4.13. The Morgan fingerprint density at radius 3 is 2.86 bits per heavy atom. The summed E-state index contributed by atoms with van der Waals surface area (Å²) in [5, 5.41) is 12.7. The second kappa shape index (κ2) is 2.36. The first-order valence-electron chi connectivity index (χ1n) is 4.83. The number of rotatable bonds is 1.